The molecule has 1 heterocycles. The molecule has 0 saturated carbocycles. The minimum absolute atomic E-state index is 0.0691. The standard InChI is InChI=1S/C26H31N3O6S/c1-2-33-15-16-34-21-10-6-9-20(17-21)24(31)28-26(36)29-13-12-27-25(32)22(29)18-23(30)35-14-11-19-7-4-3-5-8-19/h3-10,17,22H,2,11-16,18H2,1H3,(H,27,32)(H,28,31,36). The van der Waals surface area contributed by atoms with E-state index in [1.165, 1.54) is 0 Å². The fraction of sp³-hybridized carbons (Fsp3) is 0.385. The van der Waals surface area contributed by atoms with E-state index in [1.54, 1.807) is 29.2 Å². The number of carbonyl (C=O) groups is 3. The topological polar surface area (TPSA) is 106 Å². The van der Waals surface area contributed by atoms with Gasteiger partial charge in [-0.05, 0) is 42.9 Å². The monoisotopic (exact) mass is 513 g/mol. The molecule has 36 heavy (non-hydrogen) atoms. The fourth-order valence-electron chi connectivity index (χ4n) is 3.64. The number of amides is 2. The second-order valence-corrected chi connectivity index (χ2v) is 8.38. The van der Waals surface area contributed by atoms with Crippen LogP contribution >= 0.6 is 12.2 Å². The summed E-state index contributed by atoms with van der Waals surface area (Å²) >= 11 is 5.43. The number of ether oxygens (including phenoxy) is 3. The summed E-state index contributed by atoms with van der Waals surface area (Å²) in [5.74, 6) is -0.765. The van der Waals surface area contributed by atoms with Gasteiger partial charge < -0.3 is 24.4 Å². The summed E-state index contributed by atoms with van der Waals surface area (Å²) in [5.41, 5.74) is 1.40. The second kappa shape index (κ2) is 14.2. The van der Waals surface area contributed by atoms with Gasteiger partial charge in [0.05, 0.1) is 19.6 Å². The van der Waals surface area contributed by atoms with Crippen LogP contribution in [0.2, 0.25) is 0 Å². The van der Waals surface area contributed by atoms with Crippen LogP contribution in [0.4, 0.5) is 0 Å². The number of carbonyl (C=O) groups excluding carboxylic acids is 3. The molecule has 2 aromatic rings. The fourth-order valence-corrected chi connectivity index (χ4v) is 3.95. The largest absolute Gasteiger partial charge is 0.491 e. The van der Waals surface area contributed by atoms with Gasteiger partial charge in [-0.25, -0.2) is 0 Å². The molecule has 1 unspecified atom stereocenters. The zero-order valence-electron chi connectivity index (χ0n) is 20.2. The lowest BCUT2D eigenvalue weighted by molar-refractivity contribution is -0.147. The van der Waals surface area contributed by atoms with Gasteiger partial charge in [-0.15, -0.1) is 0 Å². The van der Waals surface area contributed by atoms with Crippen LogP contribution in [-0.4, -0.2) is 73.4 Å². The Morgan fingerprint density at radius 3 is 2.69 bits per heavy atom. The Morgan fingerprint density at radius 2 is 1.92 bits per heavy atom. The van der Waals surface area contributed by atoms with E-state index < -0.39 is 17.9 Å². The summed E-state index contributed by atoms with van der Waals surface area (Å²) in [6, 6.07) is 15.5. The number of nitrogens with one attached hydrogen (secondary N) is 2. The van der Waals surface area contributed by atoms with Crippen molar-refractivity contribution in [1.82, 2.24) is 15.5 Å². The molecule has 3 rings (SSSR count). The van der Waals surface area contributed by atoms with E-state index in [4.69, 9.17) is 26.4 Å². The van der Waals surface area contributed by atoms with Crippen molar-refractivity contribution in [3.63, 3.8) is 0 Å². The van der Waals surface area contributed by atoms with E-state index in [-0.39, 0.29) is 24.0 Å². The zero-order chi connectivity index (χ0) is 25.8. The van der Waals surface area contributed by atoms with E-state index >= 15 is 0 Å². The van der Waals surface area contributed by atoms with E-state index in [0.717, 1.165) is 5.56 Å². The highest BCUT2D eigenvalue weighted by molar-refractivity contribution is 7.80. The summed E-state index contributed by atoms with van der Waals surface area (Å²) in [4.78, 5) is 39.3. The molecule has 1 aliphatic rings. The Balaban J connectivity index is 1.54. The number of hydrogen-bond acceptors (Lipinski definition) is 7. The lowest BCUT2D eigenvalue weighted by Crippen LogP contribution is -2.60. The molecule has 2 amide bonds. The van der Waals surface area contributed by atoms with Crippen LogP contribution in [0, 0.1) is 0 Å². The number of rotatable bonds is 11. The maximum atomic E-state index is 12.8. The van der Waals surface area contributed by atoms with E-state index in [1.807, 2.05) is 37.3 Å². The second-order valence-electron chi connectivity index (χ2n) is 7.99. The van der Waals surface area contributed by atoms with Crippen molar-refractivity contribution in [3.05, 3.63) is 65.7 Å². The van der Waals surface area contributed by atoms with E-state index in [9.17, 15) is 14.4 Å². The normalized spacial score (nSPS) is 15.1. The highest BCUT2D eigenvalue weighted by Gasteiger charge is 2.34. The molecule has 0 aromatic heterocycles. The van der Waals surface area contributed by atoms with Crippen molar-refractivity contribution in [2.45, 2.75) is 25.8 Å². The predicted octanol–water partition coefficient (Wildman–Crippen LogP) is 2.09. The van der Waals surface area contributed by atoms with Gasteiger partial charge in [-0.1, -0.05) is 36.4 Å². The number of benzene rings is 2. The molecule has 0 spiro atoms. The molecule has 1 aliphatic heterocycles. The zero-order valence-corrected chi connectivity index (χ0v) is 21.1. The van der Waals surface area contributed by atoms with E-state index in [0.29, 0.717) is 50.6 Å². The predicted molar refractivity (Wildman–Crippen MR) is 138 cm³/mol. The molecule has 0 bridgehead atoms. The van der Waals surface area contributed by atoms with Crippen LogP contribution in [0.3, 0.4) is 0 Å². The Labute approximate surface area is 216 Å². The third kappa shape index (κ3) is 8.31. The molecular formula is C26H31N3O6S. The van der Waals surface area contributed by atoms with Gasteiger partial charge in [-0.3, -0.25) is 19.7 Å². The molecular weight excluding hydrogens is 482 g/mol. The van der Waals surface area contributed by atoms with Gasteiger partial charge in [0, 0.05) is 31.7 Å². The SMILES string of the molecule is CCOCCOc1cccc(C(=O)NC(=S)N2CCNC(=O)C2CC(=O)OCCc2ccccc2)c1. The van der Waals surface area contributed by atoms with Crippen molar-refractivity contribution in [2.24, 2.45) is 0 Å². The highest BCUT2D eigenvalue weighted by Crippen LogP contribution is 2.15. The summed E-state index contributed by atoms with van der Waals surface area (Å²) in [5, 5.41) is 5.47. The van der Waals surface area contributed by atoms with Gasteiger partial charge in [0.2, 0.25) is 5.91 Å². The molecule has 1 saturated heterocycles. The van der Waals surface area contributed by atoms with Gasteiger partial charge in [-0.2, -0.15) is 0 Å². The van der Waals surface area contributed by atoms with Crippen LogP contribution in [0.1, 0.15) is 29.3 Å². The molecule has 9 nitrogen and oxygen atoms in total. The average molecular weight is 514 g/mol. The van der Waals surface area contributed by atoms with Gasteiger partial charge in [0.25, 0.3) is 5.91 Å². The highest BCUT2D eigenvalue weighted by atomic mass is 32.1. The third-order valence-corrected chi connectivity index (χ3v) is 5.80. The summed E-state index contributed by atoms with van der Waals surface area (Å²) < 4.78 is 16.2. The maximum Gasteiger partial charge on any atom is 0.308 e. The van der Waals surface area contributed by atoms with Crippen LogP contribution < -0.4 is 15.4 Å². The lowest BCUT2D eigenvalue weighted by Gasteiger charge is -2.36. The summed E-state index contributed by atoms with van der Waals surface area (Å²) in [6.07, 6.45) is 0.399. The molecule has 0 aliphatic carbocycles. The Kier molecular flexibility index (Phi) is 10.7. The van der Waals surface area contributed by atoms with Crippen molar-refractivity contribution in [1.29, 1.82) is 0 Å². The number of hydrogen-bond donors (Lipinski definition) is 2. The van der Waals surface area contributed by atoms with Gasteiger partial charge in [0.1, 0.15) is 18.4 Å². The molecule has 1 fully saturated rings. The van der Waals surface area contributed by atoms with Crippen molar-refractivity contribution in [3.8, 4) is 5.75 Å². The number of piperazine rings is 1. The number of nitrogens with zero attached hydrogens (tertiary/aromatic N) is 1. The van der Waals surface area contributed by atoms with Crippen molar-refractivity contribution < 1.29 is 28.6 Å². The van der Waals surface area contributed by atoms with Crippen LogP contribution in [0.25, 0.3) is 0 Å². The van der Waals surface area contributed by atoms with Gasteiger partial charge in [0.15, 0.2) is 5.11 Å². The van der Waals surface area contributed by atoms with Crippen LogP contribution in [-0.2, 0) is 25.5 Å². The maximum absolute atomic E-state index is 12.8. The summed E-state index contributed by atoms with van der Waals surface area (Å²) in [6.45, 7) is 4.23. The molecule has 1 atom stereocenters. The third-order valence-electron chi connectivity index (χ3n) is 5.47. The van der Waals surface area contributed by atoms with E-state index in [2.05, 4.69) is 10.6 Å². The minimum Gasteiger partial charge on any atom is -0.491 e. The van der Waals surface area contributed by atoms with Crippen LogP contribution in [0.15, 0.2) is 54.6 Å². The number of esters is 1. The van der Waals surface area contributed by atoms with Crippen molar-refractivity contribution in [2.75, 3.05) is 39.5 Å². The molecule has 2 N–H and O–H groups in total. The lowest BCUT2D eigenvalue weighted by atomic mass is 10.1. The minimum atomic E-state index is -0.871. The average Bonchev–Trinajstić information content (AvgIpc) is 2.88. The quantitative estimate of drug-likeness (QED) is 0.267. The Morgan fingerprint density at radius 1 is 1.11 bits per heavy atom. The first-order valence-electron chi connectivity index (χ1n) is 11.9. The molecule has 0 radical (unpaired) electrons. The first-order valence-corrected chi connectivity index (χ1v) is 12.3. The summed E-state index contributed by atoms with van der Waals surface area (Å²) in [7, 11) is 0. The number of thiocarbonyl (C=S) groups is 1. The smallest absolute Gasteiger partial charge is 0.308 e. The van der Waals surface area contributed by atoms with Gasteiger partial charge >= 0.3 is 5.97 Å². The molecule has 2 aromatic carbocycles. The first-order chi connectivity index (χ1) is 17.5. The Hall–Kier alpha value is -3.50. The first kappa shape index (κ1) is 27.1. The Bertz CT molecular complexity index is 1050. The van der Waals surface area contributed by atoms with Crippen molar-refractivity contribution >= 4 is 35.1 Å². The van der Waals surface area contributed by atoms with Crippen LogP contribution in [0.5, 0.6) is 5.75 Å². The molecule has 10 heteroatoms. The molecule has 192 valence electrons.